The fourth-order valence-corrected chi connectivity index (χ4v) is 4.81. The molecule has 5 rings (SSSR count). The molecule has 0 radical (unpaired) electrons. The van der Waals surface area contributed by atoms with Crippen LogP contribution < -0.4 is 0 Å². The lowest BCUT2D eigenvalue weighted by molar-refractivity contribution is 0.920. The van der Waals surface area contributed by atoms with Crippen molar-refractivity contribution in [2.24, 2.45) is 0 Å². The third-order valence-electron chi connectivity index (χ3n) is 4.34. The number of hydrogen-bond donors (Lipinski definition) is 0. The topological polar surface area (TPSA) is 68.9 Å². The fourth-order valence-electron chi connectivity index (χ4n) is 2.82. The van der Waals surface area contributed by atoms with Gasteiger partial charge >= 0.3 is 0 Å². The van der Waals surface area contributed by atoms with E-state index >= 15 is 0 Å². The van der Waals surface area contributed by atoms with Gasteiger partial charge in [0.1, 0.15) is 10.7 Å². The predicted molar refractivity (Wildman–Crippen MR) is 107 cm³/mol. The maximum absolute atomic E-state index is 4.76. The van der Waals surface area contributed by atoms with Gasteiger partial charge in [0.15, 0.2) is 5.82 Å². The highest BCUT2D eigenvalue weighted by Crippen LogP contribution is 2.34. The smallest absolute Gasteiger partial charge is 0.217 e. The van der Waals surface area contributed by atoms with Gasteiger partial charge in [-0.3, -0.25) is 9.38 Å². The van der Waals surface area contributed by atoms with Crippen LogP contribution in [0.1, 0.15) is 11.3 Å². The zero-order valence-electron chi connectivity index (χ0n) is 14.6. The van der Waals surface area contributed by atoms with Crippen LogP contribution in [0.3, 0.4) is 0 Å². The van der Waals surface area contributed by atoms with E-state index < -0.39 is 0 Å². The van der Waals surface area contributed by atoms with Gasteiger partial charge in [-0.2, -0.15) is 0 Å². The Balaban J connectivity index is 1.64. The Bertz CT molecular complexity index is 1280. The molecule has 4 heterocycles. The first-order chi connectivity index (χ1) is 13.2. The van der Waals surface area contributed by atoms with E-state index in [1.54, 1.807) is 17.5 Å². The van der Waals surface area contributed by atoms with Gasteiger partial charge in [-0.25, -0.2) is 9.97 Å². The molecule has 0 bridgehead atoms. The second kappa shape index (κ2) is 6.40. The minimum Gasteiger partial charge on any atom is -0.260 e. The van der Waals surface area contributed by atoms with Gasteiger partial charge in [-0.1, -0.05) is 29.5 Å². The number of benzene rings is 1. The lowest BCUT2D eigenvalue weighted by Gasteiger charge is -2.09. The fraction of sp³-hybridized carbons (Fsp3) is 0.105. The molecule has 0 aliphatic rings. The number of aromatic nitrogens is 6. The molecule has 0 N–H and O–H groups in total. The van der Waals surface area contributed by atoms with Crippen molar-refractivity contribution in [2.45, 2.75) is 24.0 Å². The standard InChI is InChI=1S/C19H14N6S2/c1-11-12(2)21-16(13-7-5-6-10-20-13)22-17(11)27-19-24-23-18-25(19)14-8-3-4-9-15(14)26-18/h3-10H,1-2H3. The molecule has 0 spiro atoms. The Kier molecular flexibility index (Phi) is 3.87. The van der Waals surface area contributed by atoms with E-state index in [0.717, 1.165) is 37.6 Å². The average Bonchev–Trinajstić information content (AvgIpc) is 3.25. The molecule has 4 aromatic heterocycles. The predicted octanol–water partition coefficient (Wildman–Crippen LogP) is 4.56. The van der Waals surface area contributed by atoms with Crippen molar-refractivity contribution in [2.75, 3.05) is 0 Å². The minimum absolute atomic E-state index is 0.622. The summed E-state index contributed by atoms with van der Waals surface area (Å²) in [4.78, 5) is 14.6. The van der Waals surface area contributed by atoms with Crippen molar-refractivity contribution < 1.29 is 0 Å². The molecule has 0 fully saturated rings. The molecular formula is C19H14N6S2. The zero-order chi connectivity index (χ0) is 18.4. The lowest BCUT2D eigenvalue weighted by Crippen LogP contribution is -2.00. The van der Waals surface area contributed by atoms with Crippen molar-refractivity contribution in [3.8, 4) is 11.5 Å². The van der Waals surface area contributed by atoms with Crippen molar-refractivity contribution >= 4 is 38.3 Å². The number of fused-ring (bicyclic) bond motifs is 3. The van der Waals surface area contributed by atoms with Gasteiger partial charge in [-0.15, -0.1) is 10.2 Å². The highest BCUT2D eigenvalue weighted by molar-refractivity contribution is 7.99. The van der Waals surface area contributed by atoms with Crippen LogP contribution >= 0.6 is 23.1 Å². The van der Waals surface area contributed by atoms with Crippen LogP contribution in [0.2, 0.25) is 0 Å². The third-order valence-corrected chi connectivity index (χ3v) is 6.39. The van der Waals surface area contributed by atoms with E-state index in [1.165, 1.54) is 16.5 Å². The number of aryl methyl sites for hydroxylation is 1. The first-order valence-electron chi connectivity index (χ1n) is 8.38. The molecule has 0 aliphatic carbocycles. The van der Waals surface area contributed by atoms with Crippen LogP contribution in [0.15, 0.2) is 58.8 Å². The summed E-state index contributed by atoms with van der Waals surface area (Å²) in [5, 5.41) is 10.4. The number of rotatable bonds is 3. The highest BCUT2D eigenvalue weighted by atomic mass is 32.2. The lowest BCUT2D eigenvalue weighted by atomic mass is 10.2. The monoisotopic (exact) mass is 390 g/mol. The zero-order valence-corrected chi connectivity index (χ0v) is 16.3. The summed E-state index contributed by atoms with van der Waals surface area (Å²) in [6.07, 6.45) is 1.75. The van der Waals surface area contributed by atoms with Crippen LogP contribution in [0, 0.1) is 13.8 Å². The summed E-state index contributed by atoms with van der Waals surface area (Å²) < 4.78 is 3.27. The molecule has 6 nitrogen and oxygen atoms in total. The van der Waals surface area contributed by atoms with Gasteiger partial charge in [0.05, 0.1) is 10.2 Å². The molecule has 0 aliphatic heterocycles. The second-order valence-electron chi connectivity index (χ2n) is 6.05. The molecule has 0 amide bonds. The maximum atomic E-state index is 4.76. The summed E-state index contributed by atoms with van der Waals surface area (Å²) >= 11 is 3.14. The Morgan fingerprint density at radius 3 is 2.67 bits per heavy atom. The van der Waals surface area contributed by atoms with Crippen molar-refractivity contribution in [3.63, 3.8) is 0 Å². The Morgan fingerprint density at radius 2 is 1.81 bits per heavy atom. The largest absolute Gasteiger partial charge is 0.260 e. The average molecular weight is 390 g/mol. The van der Waals surface area contributed by atoms with Crippen LogP contribution in [0.25, 0.3) is 26.7 Å². The molecule has 132 valence electrons. The van der Waals surface area contributed by atoms with E-state index in [2.05, 4.69) is 36.7 Å². The molecule has 5 aromatic rings. The molecule has 0 saturated heterocycles. The van der Waals surface area contributed by atoms with Crippen LogP contribution in [-0.4, -0.2) is 29.5 Å². The molecule has 0 atom stereocenters. The van der Waals surface area contributed by atoms with Gasteiger partial charge in [0.2, 0.25) is 10.1 Å². The van der Waals surface area contributed by atoms with Gasteiger partial charge in [-0.05, 0) is 49.9 Å². The first kappa shape index (κ1) is 16.3. The highest BCUT2D eigenvalue weighted by Gasteiger charge is 2.17. The van der Waals surface area contributed by atoms with Gasteiger partial charge in [0.25, 0.3) is 0 Å². The van der Waals surface area contributed by atoms with Crippen LogP contribution in [0.4, 0.5) is 0 Å². The molecule has 27 heavy (non-hydrogen) atoms. The van der Waals surface area contributed by atoms with Crippen LogP contribution in [0.5, 0.6) is 0 Å². The van der Waals surface area contributed by atoms with Crippen molar-refractivity contribution in [1.82, 2.24) is 29.5 Å². The molecule has 0 unspecified atom stereocenters. The summed E-state index contributed by atoms with van der Waals surface area (Å²) in [5.74, 6) is 0.622. The number of pyridine rings is 1. The quantitative estimate of drug-likeness (QED) is 0.421. The number of hydrogen-bond acceptors (Lipinski definition) is 7. The van der Waals surface area contributed by atoms with Gasteiger partial charge in [0, 0.05) is 17.5 Å². The molecule has 0 saturated carbocycles. The Labute approximate surface area is 163 Å². The number of thiazole rings is 1. The first-order valence-corrected chi connectivity index (χ1v) is 10.0. The summed E-state index contributed by atoms with van der Waals surface area (Å²) in [5.41, 5.74) is 3.84. The number of para-hydroxylation sites is 1. The Hall–Kier alpha value is -2.84. The normalized spacial score (nSPS) is 11.5. The number of nitrogens with zero attached hydrogens (tertiary/aromatic N) is 6. The Morgan fingerprint density at radius 1 is 0.963 bits per heavy atom. The van der Waals surface area contributed by atoms with E-state index in [4.69, 9.17) is 4.98 Å². The summed E-state index contributed by atoms with van der Waals surface area (Å²) in [7, 11) is 0. The molecule has 8 heteroatoms. The van der Waals surface area contributed by atoms with Crippen LogP contribution in [-0.2, 0) is 0 Å². The molecule has 1 aromatic carbocycles. The molecular weight excluding hydrogens is 376 g/mol. The summed E-state index contributed by atoms with van der Waals surface area (Å²) in [6.45, 7) is 4.02. The third kappa shape index (κ3) is 2.77. The SMILES string of the molecule is Cc1nc(-c2ccccn2)nc(Sc2nnc3sc4ccccc4n23)c1C. The maximum Gasteiger partial charge on any atom is 0.217 e. The van der Waals surface area contributed by atoms with Crippen molar-refractivity contribution in [3.05, 3.63) is 59.9 Å². The van der Waals surface area contributed by atoms with Crippen molar-refractivity contribution in [1.29, 1.82) is 0 Å². The van der Waals surface area contributed by atoms with E-state index in [9.17, 15) is 0 Å². The minimum atomic E-state index is 0.622. The summed E-state index contributed by atoms with van der Waals surface area (Å²) in [6, 6.07) is 14.0. The van der Waals surface area contributed by atoms with E-state index in [1.807, 2.05) is 44.2 Å². The van der Waals surface area contributed by atoms with E-state index in [0.29, 0.717) is 5.82 Å². The van der Waals surface area contributed by atoms with E-state index in [-0.39, 0.29) is 0 Å². The second-order valence-corrected chi connectivity index (χ2v) is 8.02. The van der Waals surface area contributed by atoms with Gasteiger partial charge < -0.3 is 0 Å².